The van der Waals surface area contributed by atoms with Gasteiger partial charge in [0.05, 0.1) is 21.3 Å². The van der Waals surface area contributed by atoms with Gasteiger partial charge in [0.25, 0.3) is 0 Å². The Bertz CT molecular complexity index is 448. The number of nitrogens with one attached hydrogen (secondary N) is 1. The van der Waals surface area contributed by atoms with Crippen molar-refractivity contribution < 1.29 is 14.7 Å². The van der Waals surface area contributed by atoms with Gasteiger partial charge in [-0.05, 0) is 18.2 Å². The fourth-order valence-electron chi connectivity index (χ4n) is 0.990. The molecule has 0 atom stereocenters. The first kappa shape index (κ1) is 12.5. The molecule has 1 aromatic rings. The molecule has 1 rings (SSSR count). The van der Waals surface area contributed by atoms with Crippen molar-refractivity contribution in [2.24, 2.45) is 0 Å². The van der Waals surface area contributed by atoms with E-state index in [0.29, 0.717) is 0 Å². The van der Waals surface area contributed by atoms with Crippen LogP contribution >= 0.6 is 23.2 Å². The number of benzene rings is 1. The number of halogens is 2. The number of carboxylic acids is 1. The molecule has 0 aromatic heterocycles. The molecule has 0 radical (unpaired) electrons. The van der Waals surface area contributed by atoms with Crippen LogP contribution in [0.1, 0.15) is 10.4 Å². The van der Waals surface area contributed by atoms with Crippen molar-refractivity contribution in [3.8, 4) is 0 Å². The fourth-order valence-corrected chi connectivity index (χ4v) is 1.57. The topological polar surface area (TPSA) is 66.4 Å². The Hall–Kier alpha value is -1.52. The van der Waals surface area contributed by atoms with E-state index in [0.717, 1.165) is 6.08 Å². The number of carbonyl (C=O) groups is 2. The van der Waals surface area contributed by atoms with Gasteiger partial charge in [-0.15, -0.1) is 0 Å². The van der Waals surface area contributed by atoms with E-state index >= 15 is 0 Å². The van der Waals surface area contributed by atoms with Gasteiger partial charge in [0.1, 0.15) is 0 Å². The molecule has 1 aromatic carbocycles. The maximum atomic E-state index is 11.0. The van der Waals surface area contributed by atoms with Crippen LogP contribution < -0.4 is 5.32 Å². The highest BCUT2D eigenvalue weighted by Gasteiger charge is 2.13. The average Bonchev–Trinajstić information content (AvgIpc) is 2.22. The Kier molecular flexibility index (Phi) is 3.93. The number of carbonyl (C=O) groups excluding carboxylic acids is 1. The number of carboxylic acid groups (broad SMARTS) is 1. The molecule has 0 saturated heterocycles. The smallest absolute Gasteiger partial charge is 0.335 e. The van der Waals surface area contributed by atoms with Crippen LogP contribution in [0, 0.1) is 0 Å². The van der Waals surface area contributed by atoms with Gasteiger partial charge in [0.2, 0.25) is 5.91 Å². The third kappa shape index (κ3) is 2.74. The summed E-state index contributed by atoms with van der Waals surface area (Å²) in [5.74, 6) is -1.63. The van der Waals surface area contributed by atoms with E-state index in [2.05, 4.69) is 11.9 Å². The minimum absolute atomic E-state index is 0.0494. The van der Waals surface area contributed by atoms with Gasteiger partial charge in [-0.1, -0.05) is 29.8 Å². The number of rotatable bonds is 3. The van der Waals surface area contributed by atoms with Crippen molar-refractivity contribution in [1.29, 1.82) is 0 Å². The zero-order valence-corrected chi connectivity index (χ0v) is 9.47. The SMILES string of the molecule is C=CC(=O)Nc1c(Cl)cc(C(=O)O)cc1Cl. The highest BCUT2D eigenvalue weighted by Crippen LogP contribution is 2.31. The second-order valence-corrected chi connectivity index (χ2v) is 3.63. The van der Waals surface area contributed by atoms with Crippen LogP contribution in [-0.2, 0) is 4.79 Å². The van der Waals surface area contributed by atoms with E-state index in [1.54, 1.807) is 0 Å². The number of hydrogen-bond donors (Lipinski definition) is 2. The van der Waals surface area contributed by atoms with Crippen LogP contribution in [0.15, 0.2) is 24.8 Å². The minimum Gasteiger partial charge on any atom is -0.478 e. The fraction of sp³-hybridized carbons (Fsp3) is 0. The summed E-state index contributed by atoms with van der Waals surface area (Å²) in [5.41, 5.74) is 0.116. The molecule has 0 bridgehead atoms. The molecular formula is C10H7Cl2NO3. The average molecular weight is 260 g/mol. The van der Waals surface area contributed by atoms with Gasteiger partial charge >= 0.3 is 5.97 Å². The first-order chi connectivity index (χ1) is 7.45. The standard InChI is InChI=1S/C10H7Cl2NO3/c1-2-8(14)13-9-6(11)3-5(10(15)16)4-7(9)12/h2-4H,1H2,(H,13,14)(H,15,16). The minimum atomic E-state index is -1.15. The predicted octanol–water partition coefficient (Wildman–Crippen LogP) is 2.82. The second-order valence-electron chi connectivity index (χ2n) is 2.81. The molecule has 6 heteroatoms. The van der Waals surface area contributed by atoms with Gasteiger partial charge in [0.15, 0.2) is 0 Å². The Balaban J connectivity index is 3.17. The summed E-state index contributed by atoms with van der Waals surface area (Å²) in [6, 6.07) is 2.41. The number of aromatic carboxylic acids is 1. The third-order valence-electron chi connectivity index (χ3n) is 1.72. The van der Waals surface area contributed by atoms with Crippen molar-refractivity contribution in [1.82, 2.24) is 0 Å². The van der Waals surface area contributed by atoms with Crippen LogP contribution in [-0.4, -0.2) is 17.0 Å². The molecule has 0 unspecified atom stereocenters. The van der Waals surface area contributed by atoms with Gasteiger partial charge in [-0.2, -0.15) is 0 Å². The number of hydrogen-bond acceptors (Lipinski definition) is 2. The zero-order chi connectivity index (χ0) is 12.3. The largest absolute Gasteiger partial charge is 0.478 e. The van der Waals surface area contributed by atoms with E-state index in [1.807, 2.05) is 0 Å². The molecule has 0 aliphatic carbocycles. The summed E-state index contributed by atoms with van der Waals surface area (Å²) in [6.45, 7) is 3.27. The van der Waals surface area contributed by atoms with Crippen molar-refractivity contribution in [2.75, 3.05) is 5.32 Å². The summed E-state index contributed by atoms with van der Waals surface area (Å²) < 4.78 is 0. The van der Waals surface area contributed by atoms with Gasteiger partial charge in [0, 0.05) is 0 Å². The van der Waals surface area contributed by atoms with Gasteiger partial charge in [-0.3, -0.25) is 4.79 Å². The highest BCUT2D eigenvalue weighted by atomic mass is 35.5. The molecule has 16 heavy (non-hydrogen) atoms. The Morgan fingerprint density at radius 1 is 1.31 bits per heavy atom. The van der Waals surface area contributed by atoms with E-state index < -0.39 is 11.9 Å². The van der Waals surface area contributed by atoms with Crippen molar-refractivity contribution in [3.05, 3.63) is 40.4 Å². The molecule has 0 saturated carbocycles. The quantitative estimate of drug-likeness (QED) is 0.821. The second kappa shape index (κ2) is 5.01. The monoisotopic (exact) mass is 259 g/mol. The van der Waals surface area contributed by atoms with Crippen molar-refractivity contribution in [3.63, 3.8) is 0 Å². The summed E-state index contributed by atoms with van der Waals surface area (Å²) in [4.78, 5) is 21.7. The normalized spacial score (nSPS) is 9.62. The molecule has 0 spiro atoms. The van der Waals surface area contributed by atoms with Crippen LogP contribution in [0.3, 0.4) is 0 Å². The Morgan fingerprint density at radius 3 is 2.19 bits per heavy atom. The lowest BCUT2D eigenvalue weighted by Gasteiger charge is -2.08. The highest BCUT2D eigenvalue weighted by molar-refractivity contribution is 6.40. The van der Waals surface area contributed by atoms with Crippen LogP contribution in [0.4, 0.5) is 5.69 Å². The van der Waals surface area contributed by atoms with Crippen LogP contribution in [0.2, 0.25) is 10.0 Å². The van der Waals surface area contributed by atoms with E-state index in [1.165, 1.54) is 12.1 Å². The molecule has 0 heterocycles. The third-order valence-corrected chi connectivity index (χ3v) is 2.32. The summed E-state index contributed by atoms with van der Waals surface area (Å²) in [6.07, 6.45) is 1.05. The summed E-state index contributed by atoms with van der Waals surface area (Å²) >= 11 is 11.6. The van der Waals surface area contributed by atoms with E-state index in [4.69, 9.17) is 28.3 Å². The number of amides is 1. The molecule has 0 aliphatic rings. The maximum Gasteiger partial charge on any atom is 0.335 e. The van der Waals surface area contributed by atoms with Crippen molar-refractivity contribution in [2.45, 2.75) is 0 Å². The lowest BCUT2D eigenvalue weighted by atomic mass is 10.2. The summed E-state index contributed by atoms with van der Waals surface area (Å²) in [5, 5.41) is 11.2. The van der Waals surface area contributed by atoms with E-state index in [9.17, 15) is 9.59 Å². The van der Waals surface area contributed by atoms with Crippen LogP contribution in [0.5, 0.6) is 0 Å². The van der Waals surface area contributed by atoms with Gasteiger partial charge in [-0.25, -0.2) is 4.79 Å². The molecule has 2 N–H and O–H groups in total. The molecule has 4 nitrogen and oxygen atoms in total. The molecular weight excluding hydrogens is 253 g/mol. The lowest BCUT2D eigenvalue weighted by Crippen LogP contribution is -2.09. The maximum absolute atomic E-state index is 11.0. The zero-order valence-electron chi connectivity index (χ0n) is 7.96. The summed E-state index contributed by atoms with van der Waals surface area (Å²) in [7, 11) is 0. The van der Waals surface area contributed by atoms with E-state index in [-0.39, 0.29) is 21.3 Å². The van der Waals surface area contributed by atoms with Gasteiger partial charge < -0.3 is 10.4 Å². The molecule has 0 aliphatic heterocycles. The first-order valence-corrected chi connectivity index (χ1v) is 4.87. The number of anilines is 1. The molecule has 84 valence electrons. The predicted molar refractivity (Wildman–Crippen MR) is 62.2 cm³/mol. The lowest BCUT2D eigenvalue weighted by molar-refractivity contribution is -0.111. The Labute approximate surface area is 101 Å². The molecule has 0 fully saturated rings. The van der Waals surface area contributed by atoms with Crippen molar-refractivity contribution >= 4 is 40.8 Å². The Morgan fingerprint density at radius 2 is 1.81 bits per heavy atom. The molecule has 1 amide bonds. The van der Waals surface area contributed by atoms with Crippen LogP contribution in [0.25, 0.3) is 0 Å². The first-order valence-electron chi connectivity index (χ1n) is 4.11.